The largest absolute Gasteiger partial charge is 0.478 e. The molecule has 3 rings (SSSR count). The Bertz CT molecular complexity index is 567. The molecule has 0 aromatic heterocycles. The van der Waals surface area contributed by atoms with Crippen molar-refractivity contribution in [1.29, 1.82) is 0 Å². The average molecular weight is 287 g/mol. The number of carboxylic acids is 1. The highest BCUT2D eigenvalue weighted by Crippen LogP contribution is 2.34. The van der Waals surface area contributed by atoms with Crippen molar-refractivity contribution in [2.75, 3.05) is 18.1 Å². The van der Waals surface area contributed by atoms with Gasteiger partial charge < -0.3 is 14.7 Å². The van der Waals surface area contributed by atoms with Crippen LogP contribution in [-0.4, -0.2) is 36.4 Å². The van der Waals surface area contributed by atoms with Crippen LogP contribution < -0.4 is 4.90 Å². The number of nitrogens with zero attached hydrogens (tertiary/aromatic N) is 1. The summed E-state index contributed by atoms with van der Waals surface area (Å²) in [5.74, 6) is -0.918. The van der Waals surface area contributed by atoms with Gasteiger partial charge in [0.25, 0.3) is 0 Å². The van der Waals surface area contributed by atoms with Crippen LogP contribution in [0.2, 0.25) is 0 Å². The molecule has 4 heteroatoms. The van der Waals surface area contributed by atoms with Crippen LogP contribution in [0, 0.1) is 6.92 Å². The van der Waals surface area contributed by atoms with Crippen LogP contribution in [0.1, 0.15) is 30.4 Å². The van der Waals surface area contributed by atoms with Gasteiger partial charge in [0.2, 0.25) is 0 Å². The lowest BCUT2D eigenvalue weighted by molar-refractivity contribution is -0.131. The van der Waals surface area contributed by atoms with E-state index in [1.54, 1.807) is 6.08 Å². The van der Waals surface area contributed by atoms with Crippen molar-refractivity contribution < 1.29 is 14.6 Å². The van der Waals surface area contributed by atoms with Crippen LogP contribution in [0.25, 0.3) is 6.08 Å². The Morgan fingerprint density at radius 2 is 2.29 bits per heavy atom. The fourth-order valence-corrected chi connectivity index (χ4v) is 3.50. The molecule has 1 heterocycles. The molecule has 4 nitrogen and oxygen atoms in total. The summed E-state index contributed by atoms with van der Waals surface area (Å²) < 4.78 is 5.86. The third-order valence-electron chi connectivity index (χ3n) is 4.43. The summed E-state index contributed by atoms with van der Waals surface area (Å²) in [5.41, 5.74) is 3.37. The van der Waals surface area contributed by atoms with E-state index >= 15 is 0 Å². The number of anilines is 1. The van der Waals surface area contributed by atoms with Crippen molar-refractivity contribution in [3.8, 4) is 0 Å². The minimum atomic E-state index is -0.918. The summed E-state index contributed by atoms with van der Waals surface area (Å²) in [4.78, 5) is 13.1. The normalized spacial score (nSPS) is 25.3. The number of aliphatic carboxylic acids is 1. The maximum atomic E-state index is 10.6. The zero-order chi connectivity index (χ0) is 14.8. The number of carboxylic acid groups (broad SMARTS) is 1. The number of rotatable bonds is 3. The highest BCUT2D eigenvalue weighted by atomic mass is 16.5. The minimum Gasteiger partial charge on any atom is -0.478 e. The number of benzene rings is 1. The van der Waals surface area contributed by atoms with Gasteiger partial charge >= 0.3 is 5.97 Å². The van der Waals surface area contributed by atoms with Crippen LogP contribution >= 0.6 is 0 Å². The first-order chi connectivity index (χ1) is 10.1. The lowest BCUT2D eigenvalue weighted by Crippen LogP contribution is -2.48. The Kier molecular flexibility index (Phi) is 3.97. The molecule has 0 amide bonds. The maximum absolute atomic E-state index is 10.6. The quantitative estimate of drug-likeness (QED) is 0.869. The minimum absolute atomic E-state index is 0.379. The van der Waals surface area contributed by atoms with Crippen LogP contribution in [-0.2, 0) is 9.53 Å². The summed E-state index contributed by atoms with van der Waals surface area (Å²) in [6.07, 6.45) is 6.80. The van der Waals surface area contributed by atoms with E-state index < -0.39 is 5.97 Å². The Hall–Kier alpha value is -1.81. The molecule has 1 aliphatic heterocycles. The molecule has 1 aromatic rings. The van der Waals surface area contributed by atoms with Crippen molar-refractivity contribution >= 4 is 17.7 Å². The Morgan fingerprint density at radius 1 is 1.43 bits per heavy atom. The molecule has 112 valence electrons. The van der Waals surface area contributed by atoms with Gasteiger partial charge in [-0.3, -0.25) is 0 Å². The Labute approximate surface area is 125 Å². The molecular weight excluding hydrogens is 266 g/mol. The molecule has 2 unspecified atom stereocenters. The van der Waals surface area contributed by atoms with Gasteiger partial charge in [-0.05, 0) is 55.5 Å². The van der Waals surface area contributed by atoms with Gasteiger partial charge in [-0.25, -0.2) is 4.79 Å². The molecule has 1 saturated carbocycles. The fraction of sp³-hybridized carbons (Fsp3) is 0.471. The second kappa shape index (κ2) is 5.90. The van der Waals surface area contributed by atoms with Gasteiger partial charge in [-0.15, -0.1) is 0 Å². The molecule has 0 spiro atoms. The molecular formula is C17H21NO3. The van der Waals surface area contributed by atoms with Crippen molar-refractivity contribution in [2.24, 2.45) is 0 Å². The summed E-state index contributed by atoms with van der Waals surface area (Å²) in [7, 11) is 0. The number of hydrogen-bond acceptors (Lipinski definition) is 3. The van der Waals surface area contributed by atoms with E-state index in [4.69, 9.17) is 9.84 Å². The number of fused-ring (bicyclic) bond motifs is 1. The van der Waals surface area contributed by atoms with Gasteiger partial charge in [0.15, 0.2) is 0 Å². The van der Waals surface area contributed by atoms with E-state index in [-0.39, 0.29) is 0 Å². The molecule has 1 aliphatic carbocycles. The van der Waals surface area contributed by atoms with E-state index in [1.807, 2.05) is 12.1 Å². The lowest BCUT2D eigenvalue weighted by atomic mass is 10.0. The number of carbonyl (C=O) groups is 1. The van der Waals surface area contributed by atoms with Crippen LogP contribution in [0.3, 0.4) is 0 Å². The molecule has 2 fully saturated rings. The topological polar surface area (TPSA) is 49.8 Å². The molecule has 0 radical (unpaired) electrons. The van der Waals surface area contributed by atoms with Gasteiger partial charge in [-0.2, -0.15) is 0 Å². The SMILES string of the molecule is Cc1cc(C=CC(=O)O)ccc1N1CCOC2CCCC21. The van der Waals surface area contributed by atoms with E-state index in [1.165, 1.54) is 36.6 Å². The molecule has 1 saturated heterocycles. The molecule has 2 atom stereocenters. The first-order valence-corrected chi connectivity index (χ1v) is 7.55. The third kappa shape index (κ3) is 2.95. The van der Waals surface area contributed by atoms with E-state index in [0.29, 0.717) is 12.1 Å². The van der Waals surface area contributed by atoms with Gasteiger partial charge in [-0.1, -0.05) is 6.07 Å². The molecule has 1 aromatic carbocycles. The Morgan fingerprint density at radius 3 is 3.05 bits per heavy atom. The third-order valence-corrected chi connectivity index (χ3v) is 4.43. The van der Waals surface area contributed by atoms with E-state index in [2.05, 4.69) is 17.9 Å². The first-order valence-electron chi connectivity index (χ1n) is 7.55. The van der Waals surface area contributed by atoms with Crippen LogP contribution in [0.15, 0.2) is 24.3 Å². The number of aryl methyl sites for hydroxylation is 1. The molecule has 1 N–H and O–H groups in total. The summed E-state index contributed by atoms with van der Waals surface area (Å²) in [6.45, 7) is 3.82. The average Bonchev–Trinajstić information content (AvgIpc) is 2.94. The van der Waals surface area contributed by atoms with Crippen molar-refractivity contribution in [3.63, 3.8) is 0 Å². The second-order valence-electron chi connectivity index (χ2n) is 5.82. The smallest absolute Gasteiger partial charge is 0.328 e. The zero-order valence-electron chi connectivity index (χ0n) is 12.3. The maximum Gasteiger partial charge on any atom is 0.328 e. The highest BCUT2D eigenvalue weighted by molar-refractivity contribution is 5.85. The second-order valence-corrected chi connectivity index (χ2v) is 5.82. The van der Waals surface area contributed by atoms with Crippen LogP contribution in [0.5, 0.6) is 0 Å². The standard InChI is InChI=1S/C17H21NO3/c1-12-11-13(6-8-17(19)20)5-7-14(12)18-9-10-21-16-4-2-3-15(16)18/h5-8,11,15-16H,2-4,9-10H2,1H3,(H,19,20). The Balaban J connectivity index is 1.83. The molecule has 21 heavy (non-hydrogen) atoms. The summed E-state index contributed by atoms with van der Waals surface area (Å²) in [6, 6.07) is 6.64. The predicted octanol–water partition coefficient (Wildman–Crippen LogP) is 2.85. The first kappa shape index (κ1) is 14.1. The number of morpholine rings is 1. The van der Waals surface area contributed by atoms with Crippen molar-refractivity contribution in [2.45, 2.75) is 38.3 Å². The highest BCUT2D eigenvalue weighted by Gasteiger charge is 2.36. The fourth-order valence-electron chi connectivity index (χ4n) is 3.50. The monoisotopic (exact) mass is 287 g/mol. The van der Waals surface area contributed by atoms with Crippen LogP contribution in [0.4, 0.5) is 5.69 Å². The van der Waals surface area contributed by atoms with Crippen molar-refractivity contribution in [3.05, 3.63) is 35.4 Å². The number of hydrogen-bond donors (Lipinski definition) is 1. The van der Waals surface area contributed by atoms with E-state index in [0.717, 1.165) is 18.7 Å². The van der Waals surface area contributed by atoms with Gasteiger partial charge in [0.1, 0.15) is 0 Å². The zero-order valence-corrected chi connectivity index (χ0v) is 12.3. The lowest BCUT2D eigenvalue weighted by Gasteiger charge is -2.40. The predicted molar refractivity (Wildman–Crippen MR) is 82.6 cm³/mol. The van der Waals surface area contributed by atoms with E-state index in [9.17, 15) is 4.79 Å². The summed E-state index contributed by atoms with van der Waals surface area (Å²) >= 11 is 0. The van der Waals surface area contributed by atoms with Crippen molar-refractivity contribution in [1.82, 2.24) is 0 Å². The van der Waals surface area contributed by atoms with Gasteiger partial charge in [0.05, 0.1) is 18.8 Å². The summed E-state index contributed by atoms with van der Waals surface area (Å²) in [5, 5.41) is 8.70. The molecule has 0 bridgehead atoms. The molecule has 2 aliphatic rings. The number of ether oxygens (including phenoxy) is 1. The van der Waals surface area contributed by atoms with Gasteiger partial charge in [0, 0.05) is 18.3 Å².